The van der Waals surface area contributed by atoms with E-state index >= 15 is 0 Å². The number of ether oxygens (including phenoxy) is 1. The topological polar surface area (TPSA) is 21.3 Å². The van der Waals surface area contributed by atoms with E-state index in [4.69, 9.17) is 4.74 Å². The standard InChI is InChI=1S/C19H31NO/c1-12(2)11-21-17-10-16(19(17,6)7)20-18-14(4)8-13(3)9-15(18)5/h8-9,12,16-17,20H,10-11H2,1-7H3. The Balaban J connectivity index is 2.03. The molecule has 2 rings (SSSR count). The molecule has 0 amide bonds. The van der Waals surface area contributed by atoms with E-state index in [9.17, 15) is 0 Å². The molecule has 2 heteroatoms. The van der Waals surface area contributed by atoms with E-state index in [1.165, 1.54) is 22.4 Å². The maximum absolute atomic E-state index is 6.06. The van der Waals surface area contributed by atoms with Crippen LogP contribution < -0.4 is 5.32 Å². The molecule has 0 saturated heterocycles. The molecule has 21 heavy (non-hydrogen) atoms. The highest BCUT2D eigenvalue weighted by Gasteiger charge is 2.49. The molecule has 0 bridgehead atoms. The van der Waals surface area contributed by atoms with Crippen LogP contribution >= 0.6 is 0 Å². The van der Waals surface area contributed by atoms with Crippen LogP contribution in [0.3, 0.4) is 0 Å². The maximum atomic E-state index is 6.06. The molecule has 0 spiro atoms. The molecular weight excluding hydrogens is 258 g/mol. The van der Waals surface area contributed by atoms with E-state index < -0.39 is 0 Å². The molecule has 1 fully saturated rings. The highest BCUT2D eigenvalue weighted by molar-refractivity contribution is 5.59. The molecule has 1 aliphatic rings. The molecule has 118 valence electrons. The number of hydrogen-bond acceptors (Lipinski definition) is 2. The zero-order valence-electron chi connectivity index (χ0n) is 14.7. The van der Waals surface area contributed by atoms with Gasteiger partial charge in [-0.2, -0.15) is 0 Å². The van der Waals surface area contributed by atoms with Crippen LogP contribution in [0.1, 0.15) is 50.8 Å². The first-order valence-corrected chi connectivity index (χ1v) is 8.17. The van der Waals surface area contributed by atoms with Crippen LogP contribution in [-0.2, 0) is 4.74 Å². The lowest BCUT2D eigenvalue weighted by molar-refractivity contribution is -0.108. The number of rotatable bonds is 5. The lowest BCUT2D eigenvalue weighted by Crippen LogP contribution is -2.58. The van der Waals surface area contributed by atoms with Crippen LogP contribution in [0.25, 0.3) is 0 Å². The van der Waals surface area contributed by atoms with E-state index in [1.807, 2.05) is 0 Å². The Morgan fingerprint density at radius 3 is 2.24 bits per heavy atom. The zero-order valence-corrected chi connectivity index (χ0v) is 14.7. The molecule has 2 unspecified atom stereocenters. The van der Waals surface area contributed by atoms with Crippen LogP contribution in [0, 0.1) is 32.1 Å². The van der Waals surface area contributed by atoms with Gasteiger partial charge in [-0.25, -0.2) is 0 Å². The third kappa shape index (κ3) is 3.42. The van der Waals surface area contributed by atoms with Crippen LogP contribution in [0.5, 0.6) is 0 Å². The minimum atomic E-state index is 0.193. The van der Waals surface area contributed by atoms with E-state index in [2.05, 4.69) is 65.9 Å². The van der Waals surface area contributed by atoms with Gasteiger partial charge in [-0.05, 0) is 44.2 Å². The molecule has 0 heterocycles. The Hall–Kier alpha value is -1.02. The lowest BCUT2D eigenvalue weighted by atomic mass is 9.64. The third-order valence-corrected chi connectivity index (χ3v) is 4.80. The molecule has 1 aromatic carbocycles. The summed E-state index contributed by atoms with van der Waals surface area (Å²) in [5.41, 5.74) is 5.52. The summed E-state index contributed by atoms with van der Waals surface area (Å²) in [5.74, 6) is 0.606. The summed E-state index contributed by atoms with van der Waals surface area (Å²) in [6.45, 7) is 16.5. The summed E-state index contributed by atoms with van der Waals surface area (Å²) >= 11 is 0. The molecule has 1 aromatic rings. The van der Waals surface area contributed by atoms with Crippen molar-refractivity contribution in [1.82, 2.24) is 0 Å². The largest absolute Gasteiger partial charge is 0.381 e. The second-order valence-corrected chi connectivity index (χ2v) is 7.74. The number of aryl methyl sites for hydroxylation is 3. The minimum Gasteiger partial charge on any atom is -0.381 e. The average molecular weight is 289 g/mol. The van der Waals surface area contributed by atoms with Crippen LogP contribution in [0.15, 0.2) is 12.1 Å². The summed E-state index contributed by atoms with van der Waals surface area (Å²) < 4.78 is 6.06. The highest BCUT2D eigenvalue weighted by Crippen LogP contribution is 2.45. The van der Waals surface area contributed by atoms with Crippen molar-refractivity contribution in [2.45, 2.75) is 67.0 Å². The van der Waals surface area contributed by atoms with Gasteiger partial charge in [0, 0.05) is 23.8 Å². The van der Waals surface area contributed by atoms with Gasteiger partial charge in [0.2, 0.25) is 0 Å². The fourth-order valence-corrected chi connectivity index (χ4v) is 3.30. The first kappa shape index (κ1) is 16.4. The molecule has 2 nitrogen and oxygen atoms in total. The van der Waals surface area contributed by atoms with Crippen LogP contribution in [0.2, 0.25) is 0 Å². The molecule has 0 aliphatic heterocycles. The highest BCUT2D eigenvalue weighted by atomic mass is 16.5. The number of hydrogen-bond donors (Lipinski definition) is 1. The molecule has 1 N–H and O–H groups in total. The minimum absolute atomic E-state index is 0.193. The normalized spacial score (nSPS) is 24.0. The van der Waals surface area contributed by atoms with Crippen molar-refractivity contribution in [1.29, 1.82) is 0 Å². The summed E-state index contributed by atoms with van der Waals surface area (Å²) in [5, 5.41) is 3.77. The number of anilines is 1. The molecule has 1 saturated carbocycles. The van der Waals surface area contributed by atoms with Gasteiger partial charge in [0.15, 0.2) is 0 Å². The fraction of sp³-hybridized carbons (Fsp3) is 0.684. The van der Waals surface area contributed by atoms with Gasteiger partial charge in [0.05, 0.1) is 6.10 Å². The van der Waals surface area contributed by atoms with Gasteiger partial charge in [0.1, 0.15) is 0 Å². The number of nitrogens with one attached hydrogen (secondary N) is 1. The van der Waals surface area contributed by atoms with Gasteiger partial charge < -0.3 is 10.1 Å². The zero-order chi connectivity index (χ0) is 15.8. The first-order chi connectivity index (χ1) is 9.71. The molecule has 0 aromatic heterocycles. The van der Waals surface area contributed by atoms with Crippen molar-refractivity contribution in [3.8, 4) is 0 Å². The molecular formula is C19H31NO. The van der Waals surface area contributed by atoms with E-state index in [0.29, 0.717) is 18.1 Å². The van der Waals surface area contributed by atoms with Crippen molar-refractivity contribution in [3.05, 3.63) is 28.8 Å². The Morgan fingerprint density at radius 1 is 1.19 bits per heavy atom. The summed E-state index contributed by atoms with van der Waals surface area (Å²) in [6, 6.07) is 5.01. The van der Waals surface area contributed by atoms with E-state index in [0.717, 1.165) is 13.0 Å². The van der Waals surface area contributed by atoms with E-state index in [1.54, 1.807) is 0 Å². The van der Waals surface area contributed by atoms with E-state index in [-0.39, 0.29) is 5.41 Å². The second-order valence-electron chi connectivity index (χ2n) is 7.74. The second kappa shape index (κ2) is 6.00. The predicted molar refractivity (Wildman–Crippen MR) is 91.0 cm³/mol. The Bertz CT molecular complexity index is 481. The molecule has 1 aliphatic carbocycles. The van der Waals surface area contributed by atoms with Crippen molar-refractivity contribution in [2.24, 2.45) is 11.3 Å². The van der Waals surface area contributed by atoms with Gasteiger partial charge in [-0.1, -0.05) is 45.4 Å². The van der Waals surface area contributed by atoms with Crippen LogP contribution in [-0.4, -0.2) is 18.8 Å². The van der Waals surface area contributed by atoms with Crippen molar-refractivity contribution in [3.63, 3.8) is 0 Å². The number of benzene rings is 1. The molecule has 0 radical (unpaired) electrons. The molecule has 2 atom stereocenters. The van der Waals surface area contributed by atoms with Crippen LogP contribution in [0.4, 0.5) is 5.69 Å². The Kier molecular flexibility index (Phi) is 4.67. The summed E-state index contributed by atoms with van der Waals surface area (Å²) in [6.07, 6.45) is 1.48. The monoisotopic (exact) mass is 289 g/mol. The quantitative estimate of drug-likeness (QED) is 0.835. The smallest absolute Gasteiger partial charge is 0.0665 e. The predicted octanol–water partition coefficient (Wildman–Crippen LogP) is 4.86. The maximum Gasteiger partial charge on any atom is 0.0665 e. The van der Waals surface area contributed by atoms with Gasteiger partial charge in [0.25, 0.3) is 0 Å². The summed E-state index contributed by atoms with van der Waals surface area (Å²) in [4.78, 5) is 0. The fourth-order valence-electron chi connectivity index (χ4n) is 3.30. The first-order valence-electron chi connectivity index (χ1n) is 8.17. The van der Waals surface area contributed by atoms with Gasteiger partial charge in [-0.15, -0.1) is 0 Å². The Labute approximate surface area is 130 Å². The Morgan fingerprint density at radius 2 is 1.76 bits per heavy atom. The van der Waals surface area contributed by atoms with Crippen molar-refractivity contribution < 1.29 is 4.74 Å². The van der Waals surface area contributed by atoms with Gasteiger partial charge in [-0.3, -0.25) is 0 Å². The van der Waals surface area contributed by atoms with Crippen molar-refractivity contribution >= 4 is 5.69 Å². The third-order valence-electron chi connectivity index (χ3n) is 4.80. The lowest BCUT2D eigenvalue weighted by Gasteiger charge is -2.52. The van der Waals surface area contributed by atoms with Gasteiger partial charge >= 0.3 is 0 Å². The van der Waals surface area contributed by atoms with Crippen molar-refractivity contribution in [2.75, 3.05) is 11.9 Å². The SMILES string of the molecule is Cc1cc(C)c(NC2CC(OCC(C)C)C2(C)C)c(C)c1. The average Bonchev–Trinajstić information content (AvgIpc) is 2.34. The summed E-state index contributed by atoms with van der Waals surface area (Å²) in [7, 11) is 0.